The Labute approximate surface area is 140 Å². The van der Waals surface area contributed by atoms with Gasteiger partial charge in [-0.3, -0.25) is 0 Å². The Morgan fingerprint density at radius 1 is 0.667 bits per heavy atom. The third-order valence-electron chi connectivity index (χ3n) is 3.88. The molecule has 1 atom stereocenters. The van der Waals surface area contributed by atoms with Crippen molar-refractivity contribution >= 4 is 23.4 Å². The van der Waals surface area contributed by atoms with Gasteiger partial charge < -0.3 is 5.21 Å². The summed E-state index contributed by atoms with van der Waals surface area (Å²) < 4.78 is -0.806. The first-order valence-corrected chi connectivity index (χ1v) is 7.70. The second-order valence-electron chi connectivity index (χ2n) is 5.44. The van der Waals surface area contributed by atoms with Gasteiger partial charge >= 0.3 is 0 Å². The molecule has 3 aromatic rings. The first-order valence-electron chi connectivity index (χ1n) is 7.70. The Morgan fingerprint density at radius 2 is 1.17 bits per heavy atom. The molecular weight excluding hydrogens is 300 g/mol. The van der Waals surface area contributed by atoms with Crippen LogP contribution in [0.2, 0.25) is 0 Å². The normalized spacial score (nSPS) is 19.7. The molecule has 0 bridgehead atoms. The van der Waals surface area contributed by atoms with Crippen LogP contribution in [0.25, 0.3) is 0 Å². The van der Waals surface area contributed by atoms with E-state index in [9.17, 15) is 5.21 Å². The molecule has 1 unspecified atom stereocenters. The first kappa shape index (κ1) is 14.4. The zero-order valence-electron chi connectivity index (χ0n) is 12.9. The number of benzene rings is 3. The Morgan fingerprint density at radius 3 is 1.75 bits per heavy atom. The zero-order chi connectivity index (χ0) is 16.4. The molecule has 5 nitrogen and oxygen atoms in total. The molecule has 1 aliphatic heterocycles. The predicted octanol–water partition coefficient (Wildman–Crippen LogP) is 4.29. The monoisotopic (exact) mass is 316 g/mol. The molecule has 0 saturated heterocycles. The standard InChI is InChI=1S/C19H16N4O/c24-23(19-14-8-3-9-15-19)16-20-21(17-10-4-1-5-11-17)22(23)18-12-6-2-7-13-18/h1-16H. The van der Waals surface area contributed by atoms with Crippen LogP contribution in [0.1, 0.15) is 0 Å². The average Bonchev–Trinajstić information content (AvgIpc) is 3.03. The van der Waals surface area contributed by atoms with Gasteiger partial charge in [-0.05, 0) is 24.3 Å². The van der Waals surface area contributed by atoms with Crippen LogP contribution in [0.3, 0.4) is 0 Å². The lowest BCUT2D eigenvalue weighted by Crippen LogP contribution is -2.58. The zero-order valence-corrected chi connectivity index (χ0v) is 12.9. The number of hydrogen-bond donors (Lipinski definition) is 0. The van der Waals surface area contributed by atoms with Crippen molar-refractivity contribution in [1.82, 2.24) is 4.76 Å². The smallest absolute Gasteiger partial charge is 0.241 e. The fourth-order valence-electron chi connectivity index (χ4n) is 2.74. The predicted molar refractivity (Wildman–Crippen MR) is 97.9 cm³/mol. The molecule has 0 saturated carbocycles. The van der Waals surface area contributed by atoms with E-state index in [1.54, 1.807) is 10.2 Å². The van der Waals surface area contributed by atoms with E-state index in [1.165, 1.54) is 6.34 Å². The molecule has 0 spiro atoms. The summed E-state index contributed by atoms with van der Waals surface area (Å²) in [5.41, 5.74) is 2.17. The van der Waals surface area contributed by atoms with Crippen LogP contribution in [-0.4, -0.2) is 6.34 Å². The van der Waals surface area contributed by atoms with E-state index < -0.39 is 4.76 Å². The third kappa shape index (κ3) is 2.32. The van der Waals surface area contributed by atoms with Crippen molar-refractivity contribution in [2.24, 2.45) is 5.10 Å². The quantitative estimate of drug-likeness (QED) is 0.534. The molecule has 5 heteroatoms. The largest absolute Gasteiger partial charge is 0.593 e. The SMILES string of the molecule is [O-][N+]1(c2ccccc2)C=NN(c2ccccc2)N1c1ccccc1. The van der Waals surface area contributed by atoms with Crippen molar-refractivity contribution in [1.29, 1.82) is 0 Å². The second kappa shape index (κ2) is 5.81. The Hall–Kier alpha value is -3.15. The minimum Gasteiger partial charge on any atom is -0.593 e. The first-order chi connectivity index (χ1) is 11.8. The third-order valence-corrected chi connectivity index (χ3v) is 3.88. The van der Waals surface area contributed by atoms with Crippen LogP contribution in [0.15, 0.2) is 96.1 Å². The summed E-state index contributed by atoms with van der Waals surface area (Å²) in [6.45, 7) is 0. The molecule has 0 N–H and O–H groups in total. The number of hydrogen-bond acceptors (Lipinski definition) is 4. The van der Waals surface area contributed by atoms with Crippen molar-refractivity contribution in [2.45, 2.75) is 0 Å². The average molecular weight is 316 g/mol. The van der Waals surface area contributed by atoms with Crippen LogP contribution in [-0.2, 0) is 0 Å². The van der Waals surface area contributed by atoms with Gasteiger partial charge in [0, 0.05) is 12.1 Å². The molecule has 0 radical (unpaired) electrons. The van der Waals surface area contributed by atoms with E-state index in [-0.39, 0.29) is 0 Å². The summed E-state index contributed by atoms with van der Waals surface area (Å²) >= 11 is 0. The van der Waals surface area contributed by atoms with Gasteiger partial charge in [0.2, 0.25) is 6.34 Å². The molecule has 24 heavy (non-hydrogen) atoms. The molecule has 118 valence electrons. The minimum atomic E-state index is -0.806. The van der Waals surface area contributed by atoms with Crippen molar-refractivity contribution in [3.05, 3.63) is 96.2 Å². The lowest BCUT2D eigenvalue weighted by atomic mass is 10.3. The van der Waals surface area contributed by atoms with Gasteiger partial charge in [-0.25, -0.2) is 0 Å². The van der Waals surface area contributed by atoms with Crippen molar-refractivity contribution in [2.75, 3.05) is 10.2 Å². The molecule has 0 amide bonds. The molecule has 4 rings (SSSR count). The second-order valence-corrected chi connectivity index (χ2v) is 5.44. The molecular formula is C19H16N4O. The Balaban J connectivity index is 1.85. The van der Waals surface area contributed by atoms with Crippen LogP contribution in [0.5, 0.6) is 0 Å². The number of quaternary nitrogens is 1. The lowest BCUT2D eigenvalue weighted by molar-refractivity contribution is 0.517. The van der Waals surface area contributed by atoms with E-state index in [0.717, 1.165) is 11.4 Å². The Bertz CT molecular complexity index is 839. The van der Waals surface area contributed by atoms with Gasteiger partial charge in [-0.15, -0.1) is 5.12 Å². The number of hydroxylamine groups is 1. The summed E-state index contributed by atoms with van der Waals surface area (Å²) in [6.07, 6.45) is 1.40. The van der Waals surface area contributed by atoms with Crippen molar-refractivity contribution in [3.63, 3.8) is 0 Å². The summed E-state index contributed by atoms with van der Waals surface area (Å²) in [7, 11) is 0. The van der Waals surface area contributed by atoms with Crippen LogP contribution < -0.4 is 15.0 Å². The number of rotatable bonds is 3. The number of nitrogens with zero attached hydrogens (tertiary/aromatic N) is 4. The van der Waals surface area contributed by atoms with Gasteiger partial charge in [0.25, 0.3) is 0 Å². The van der Waals surface area contributed by atoms with Gasteiger partial charge in [-0.1, -0.05) is 64.8 Å². The van der Waals surface area contributed by atoms with Crippen LogP contribution >= 0.6 is 0 Å². The van der Waals surface area contributed by atoms with E-state index in [1.807, 2.05) is 91.0 Å². The molecule has 3 aromatic carbocycles. The highest BCUT2D eigenvalue weighted by atomic mass is 16.6. The Kier molecular flexibility index (Phi) is 3.49. The topological polar surface area (TPSA) is 41.9 Å². The van der Waals surface area contributed by atoms with Crippen molar-refractivity contribution < 1.29 is 0 Å². The lowest BCUT2D eigenvalue weighted by Gasteiger charge is -2.43. The number of hydrazine groups is 1. The maximum absolute atomic E-state index is 13.7. The fourth-order valence-corrected chi connectivity index (χ4v) is 2.74. The van der Waals surface area contributed by atoms with E-state index in [2.05, 4.69) is 5.10 Å². The van der Waals surface area contributed by atoms with Gasteiger partial charge in [0.05, 0.1) is 5.69 Å². The highest BCUT2D eigenvalue weighted by Crippen LogP contribution is 2.35. The maximum Gasteiger partial charge on any atom is 0.241 e. The van der Waals surface area contributed by atoms with Gasteiger partial charge in [0.1, 0.15) is 5.69 Å². The number of anilines is 2. The van der Waals surface area contributed by atoms with E-state index in [0.29, 0.717) is 5.69 Å². The number of hydrazone groups is 1. The number of para-hydroxylation sites is 3. The summed E-state index contributed by atoms with van der Waals surface area (Å²) in [5.74, 6) is 0. The molecule has 1 aliphatic rings. The van der Waals surface area contributed by atoms with Crippen molar-refractivity contribution in [3.8, 4) is 0 Å². The molecule has 0 fully saturated rings. The maximum atomic E-state index is 13.7. The van der Waals surface area contributed by atoms with Crippen LogP contribution in [0, 0.1) is 5.21 Å². The molecule has 0 aliphatic carbocycles. The van der Waals surface area contributed by atoms with E-state index >= 15 is 0 Å². The fraction of sp³-hybridized carbons (Fsp3) is 0. The summed E-state index contributed by atoms with van der Waals surface area (Å²) in [4.78, 5) is 0. The minimum absolute atomic E-state index is 0.587. The highest BCUT2D eigenvalue weighted by Gasteiger charge is 2.39. The van der Waals surface area contributed by atoms with Crippen LogP contribution in [0.4, 0.5) is 17.1 Å². The van der Waals surface area contributed by atoms with Gasteiger partial charge in [-0.2, -0.15) is 4.76 Å². The summed E-state index contributed by atoms with van der Waals surface area (Å²) in [5, 5.41) is 21.3. The highest BCUT2D eigenvalue weighted by molar-refractivity contribution is 5.84. The summed E-state index contributed by atoms with van der Waals surface area (Å²) in [6, 6.07) is 28.4. The van der Waals surface area contributed by atoms with E-state index in [4.69, 9.17) is 0 Å². The molecule has 0 aromatic heterocycles. The van der Waals surface area contributed by atoms with Gasteiger partial charge in [0.15, 0.2) is 5.69 Å². The molecule has 1 heterocycles.